The van der Waals surface area contributed by atoms with Crippen LogP contribution in [-0.2, 0) is 14.8 Å². The normalized spacial score (nSPS) is 19.3. The molecule has 0 spiro atoms. The van der Waals surface area contributed by atoms with Gasteiger partial charge in [-0.2, -0.15) is 4.31 Å². The highest BCUT2D eigenvalue weighted by molar-refractivity contribution is 7.89. The van der Waals surface area contributed by atoms with Crippen LogP contribution in [0.5, 0.6) is 0 Å². The molecule has 1 heterocycles. The first-order chi connectivity index (χ1) is 10.8. The first-order valence-corrected chi connectivity index (χ1v) is 9.25. The van der Waals surface area contributed by atoms with Gasteiger partial charge in [-0.1, -0.05) is 31.5 Å². The first kappa shape index (κ1) is 17.7. The highest BCUT2D eigenvalue weighted by Crippen LogP contribution is 2.29. The van der Waals surface area contributed by atoms with E-state index in [2.05, 4.69) is 0 Å². The Bertz CT molecular complexity index is 655. The van der Waals surface area contributed by atoms with E-state index in [0.717, 1.165) is 5.56 Å². The molecular weight excluding hydrogens is 316 g/mol. The van der Waals surface area contributed by atoms with E-state index in [9.17, 15) is 13.2 Å². The summed E-state index contributed by atoms with van der Waals surface area (Å²) >= 11 is 0. The van der Waals surface area contributed by atoms with Gasteiger partial charge in [0, 0.05) is 13.1 Å². The topological polar surface area (TPSA) is 66.9 Å². The molecule has 1 aromatic carbocycles. The van der Waals surface area contributed by atoms with Gasteiger partial charge in [0.2, 0.25) is 10.0 Å². The van der Waals surface area contributed by atoms with Crippen LogP contribution in [0.2, 0.25) is 0 Å². The highest BCUT2D eigenvalue weighted by Gasteiger charge is 2.44. The van der Waals surface area contributed by atoms with Gasteiger partial charge < -0.3 is 4.74 Å². The van der Waals surface area contributed by atoms with E-state index in [1.807, 2.05) is 20.8 Å². The molecule has 1 atom stereocenters. The second-order valence-corrected chi connectivity index (χ2v) is 7.87. The van der Waals surface area contributed by atoms with Crippen molar-refractivity contribution in [3.8, 4) is 0 Å². The third kappa shape index (κ3) is 3.50. The van der Waals surface area contributed by atoms with E-state index >= 15 is 0 Å². The van der Waals surface area contributed by atoms with E-state index in [0.29, 0.717) is 6.54 Å². The maximum atomic E-state index is 12.9. The predicted molar refractivity (Wildman–Crippen MR) is 87.4 cm³/mol. The van der Waals surface area contributed by atoms with Gasteiger partial charge in [0.25, 0.3) is 0 Å². The van der Waals surface area contributed by atoms with E-state index in [-0.39, 0.29) is 24.0 Å². The van der Waals surface area contributed by atoms with Gasteiger partial charge in [-0.15, -0.1) is 0 Å². The zero-order chi connectivity index (χ0) is 17.2. The minimum atomic E-state index is -3.65. The first-order valence-electron chi connectivity index (χ1n) is 7.81. The Kier molecular flexibility index (Phi) is 5.31. The van der Waals surface area contributed by atoms with Crippen molar-refractivity contribution >= 4 is 16.1 Å². The number of aryl methyl sites for hydroxylation is 1. The summed E-state index contributed by atoms with van der Waals surface area (Å²) in [4.78, 5) is 13.8. The van der Waals surface area contributed by atoms with Crippen molar-refractivity contribution in [2.45, 2.75) is 38.8 Å². The molecule has 1 aliphatic heterocycles. The van der Waals surface area contributed by atoms with Crippen LogP contribution in [0.1, 0.15) is 26.3 Å². The minimum Gasteiger partial charge on any atom is -0.450 e. The molecule has 6 nitrogen and oxygen atoms in total. The number of ether oxygens (including phenoxy) is 1. The zero-order valence-electron chi connectivity index (χ0n) is 14.0. The molecule has 0 saturated carbocycles. The van der Waals surface area contributed by atoms with Crippen molar-refractivity contribution in [2.75, 3.05) is 19.7 Å². The number of carbonyl (C=O) groups is 1. The average Bonchev–Trinajstić information content (AvgIpc) is 2.94. The molecule has 0 bridgehead atoms. The number of sulfonamides is 1. The fraction of sp³-hybridized carbons (Fsp3) is 0.562. The predicted octanol–water partition coefficient (Wildman–Crippen LogP) is 2.44. The highest BCUT2D eigenvalue weighted by atomic mass is 32.2. The Labute approximate surface area is 138 Å². The van der Waals surface area contributed by atoms with E-state index in [4.69, 9.17) is 4.74 Å². The number of nitrogens with zero attached hydrogens (tertiary/aromatic N) is 2. The molecule has 23 heavy (non-hydrogen) atoms. The van der Waals surface area contributed by atoms with Crippen molar-refractivity contribution in [1.29, 1.82) is 0 Å². The van der Waals surface area contributed by atoms with Gasteiger partial charge in [0.05, 0.1) is 11.5 Å². The van der Waals surface area contributed by atoms with Gasteiger partial charge >= 0.3 is 6.09 Å². The summed E-state index contributed by atoms with van der Waals surface area (Å²) in [6.45, 7) is 8.33. The lowest BCUT2D eigenvalue weighted by atomic mass is 10.1. The van der Waals surface area contributed by atoms with Gasteiger partial charge in [0.15, 0.2) is 0 Å². The number of rotatable bonds is 4. The molecule has 2 rings (SSSR count). The van der Waals surface area contributed by atoms with Crippen molar-refractivity contribution in [3.63, 3.8) is 0 Å². The van der Waals surface area contributed by atoms with Crippen molar-refractivity contribution in [3.05, 3.63) is 29.8 Å². The lowest BCUT2D eigenvalue weighted by Crippen LogP contribution is -2.47. The summed E-state index contributed by atoms with van der Waals surface area (Å²) in [6, 6.07) is 6.76. The maximum Gasteiger partial charge on any atom is 0.411 e. The molecule has 7 heteroatoms. The summed E-state index contributed by atoms with van der Waals surface area (Å²) in [5.74, 6) is -0.0397. The molecule has 128 valence electrons. The van der Waals surface area contributed by atoms with Crippen LogP contribution in [0.4, 0.5) is 4.79 Å². The third-order valence-corrected chi connectivity index (χ3v) is 5.79. The van der Waals surface area contributed by atoms with Gasteiger partial charge in [-0.3, -0.25) is 4.90 Å². The van der Waals surface area contributed by atoms with Crippen LogP contribution in [0.25, 0.3) is 0 Å². The number of benzene rings is 1. The number of hydrogen-bond donors (Lipinski definition) is 0. The Morgan fingerprint density at radius 2 is 1.87 bits per heavy atom. The minimum absolute atomic E-state index is 0.0397. The lowest BCUT2D eigenvalue weighted by Gasteiger charge is -2.32. The molecule has 0 radical (unpaired) electrons. The smallest absolute Gasteiger partial charge is 0.411 e. The zero-order valence-corrected chi connectivity index (χ0v) is 14.8. The second kappa shape index (κ2) is 6.88. The van der Waals surface area contributed by atoms with E-state index in [1.54, 1.807) is 31.2 Å². The monoisotopic (exact) mass is 340 g/mol. The molecule has 1 aromatic rings. The molecule has 0 aromatic heterocycles. The molecule has 1 aliphatic rings. The summed E-state index contributed by atoms with van der Waals surface area (Å²) in [5, 5.41) is 0. The number of hydrogen-bond acceptors (Lipinski definition) is 4. The Morgan fingerprint density at radius 3 is 2.39 bits per heavy atom. The summed E-state index contributed by atoms with van der Waals surface area (Å²) < 4.78 is 32.3. The van der Waals surface area contributed by atoms with E-state index in [1.165, 1.54) is 9.21 Å². The number of amides is 1. The average molecular weight is 340 g/mol. The molecule has 1 saturated heterocycles. The van der Waals surface area contributed by atoms with Crippen LogP contribution in [0, 0.1) is 12.8 Å². The van der Waals surface area contributed by atoms with E-state index < -0.39 is 22.3 Å². The third-order valence-electron chi connectivity index (χ3n) is 3.90. The van der Waals surface area contributed by atoms with Gasteiger partial charge in [-0.05, 0) is 31.9 Å². The van der Waals surface area contributed by atoms with Gasteiger partial charge in [-0.25, -0.2) is 13.2 Å². The SMILES string of the molecule is CCOC(=O)N1CCN(S(=O)(=O)c2ccc(C)cc2)[C@H]1C(C)C. The lowest BCUT2D eigenvalue weighted by molar-refractivity contribution is 0.0799. The van der Waals surface area contributed by atoms with Crippen molar-refractivity contribution < 1.29 is 17.9 Å². The molecular formula is C16H24N2O4S. The largest absolute Gasteiger partial charge is 0.450 e. The van der Waals surface area contributed by atoms with Crippen LogP contribution >= 0.6 is 0 Å². The quantitative estimate of drug-likeness (QED) is 0.844. The maximum absolute atomic E-state index is 12.9. The van der Waals surface area contributed by atoms with Crippen LogP contribution < -0.4 is 0 Å². The van der Waals surface area contributed by atoms with Gasteiger partial charge in [0.1, 0.15) is 6.17 Å². The molecule has 0 N–H and O–H groups in total. The molecule has 1 amide bonds. The summed E-state index contributed by atoms with van der Waals surface area (Å²) in [5.41, 5.74) is 0.999. The fourth-order valence-corrected chi connectivity index (χ4v) is 4.55. The molecule has 1 fully saturated rings. The van der Waals surface area contributed by atoms with Crippen molar-refractivity contribution in [2.24, 2.45) is 5.92 Å². The standard InChI is InChI=1S/C16H24N2O4S/c1-5-22-16(19)17-10-11-18(15(17)12(2)3)23(20,21)14-8-6-13(4)7-9-14/h6-9,12,15H,5,10-11H2,1-4H3/t15-/m0/s1. The Hall–Kier alpha value is -1.60. The van der Waals surface area contributed by atoms with Crippen molar-refractivity contribution in [1.82, 2.24) is 9.21 Å². The fourth-order valence-electron chi connectivity index (χ4n) is 2.83. The molecule has 0 aliphatic carbocycles. The van der Waals surface area contributed by atoms with Crippen LogP contribution in [-0.4, -0.2) is 49.6 Å². The Morgan fingerprint density at radius 1 is 1.26 bits per heavy atom. The summed E-state index contributed by atoms with van der Waals surface area (Å²) in [6.07, 6.45) is -0.992. The van der Waals surface area contributed by atoms with Crippen LogP contribution in [0.3, 0.4) is 0 Å². The van der Waals surface area contributed by atoms with Crippen LogP contribution in [0.15, 0.2) is 29.2 Å². The molecule has 0 unspecified atom stereocenters. The Balaban J connectivity index is 2.34. The summed E-state index contributed by atoms with van der Waals surface area (Å²) in [7, 11) is -3.65. The number of carbonyl (C=O) groups excluding carboxylic acids is 1. The second-order valence-electron chi connectivity index (χ2n) is 5.98.